The van der Waals surface area contributed by atoms with Gasteiger partial charge in [-0.25, -0.2) is 4.39 Å². The fourth-order valence-corrected chi connectivity index (χ4v) is 2.55. The monoisotopic (exact) mass is 256 g/mol. The molecule has 1 rings (SSSR count). The molecule has 0 aromatic heterocycles. The topological polar surface area (TPSA) is 29.3 Å². The lowest BCUT2D eigenvalue weighted by atomic mass is 10.0. The van der Waals surface area contributed by atoms with E-state index in [0.29, 0.717) is 5.69 Å². The van der Waals surface area contributed by atoms with Crippen LogP contribution in [0.15, 0.2) is 18.2 Å². The van der Waals surface area contributed by atoms with Gasteiger partial charge >= 0.3 is 0 Å². The number of benzene rings is 1. The Hall–Kier alpha value is -0.740. The van der Waals surface area contributed by atoms with Crippen molar-refractivity contribution in [1.82, 2.24) is 0 Å². The number of rotatable bonds is 5. The Morgan fingerprint density at radius 1 is 1.41 bits per heavy atom. The molecular formula is C13H21FN2S. The van der Waals surface area contributed by atoms with Crippen molar-refractivity contribution < 1.29 is 4.39 Å². The molecule has 2 atom stereocenters. The van der Waals surface area contributed by atoms with Crippen molar-refractivity contribution in [1.29, 1.82) is 0 Å². The van der Waals surface area contributed by atoms with Crippen LogP contribution in [0.3, 0.4) is 0 Å². The summed E-state index contributed by atoms with van der Waals surface area (Å²) in [5, 5.41) is 0. The van der Waals surface area contributed by atoms with E-state index >= 15 is 0 Å². The Labute approximate surface area is 107 Å². The highest BCUT2D eigenvalue weighted by molar-refractivity contribution is 7.98. The van der Waals surface area contributed by atoms with Gasteiger partial charge in [0.05, 0.1) is 5.69 Å². The van der Waals surface area contributed by atoms with Crippen LogP contribution in [-0.4, -0.2) is 25.1 Å². The van der Waals surface area contributed by atoms with Crippen molar-refractivity contribution in [3.05, 3.63) is 29.6 Å². The van der Waals surface area contributed by atoms with Crippen LogP contribution in [0.2, 0.25) is 0 Å². The van der Waals surface area contributed by atoms with Crippen molar-refractivity contribution in [3.8, 4) is 0 Å². The summed E-state index contributed by atoms with van der Waals surface area (Å²) in [7, 11) is 1.92. The summed E-state index contributed by atoms with van der Waals surface area (Å²) in [5.41, 5.74) is 7.39. The van der Waals surface area contributed by atoms with Gasteiger partial charge in [0.1, 0.15) is 5.82 Å². The van der Waals surface area contributed by atoms with Crippen LogP contribution in [0.4, 0.5) is 10.1 Å². The maximum absolute atomic E-state index is 14.0. The second-order valence-electron chi connectivity index (χ2n) is 4.38. The molecule has 1 aromatic carbocycles. The second-order valence-corrected chi connectivity index (χ2v) is 5.29. The zero-order chi connectivity index (χ0) is 13.0. The van der Waals surface area contributed by atoms with Gasteiger partial charge in [0.15, 0.2) is 0 Å². The van der Waals surface area contributed by atoms with Gasteiger partial charge in [0.25, 0.3) is 0 Å². The van der Waals surface area contributed by atoms with E-state index in [1.165, 1.54) is 6.07 Å². The first-order valence-corrected chi connectivity index (χ1v) is 7.14. The highest BCUT2D eigenvalue weighted by atomic mass is 32.2. The highest BCUT2D eigenvalue weighted by Gasteiger charge is 2.18. The van der Waals surface area contributed by atoms with E-state index < -0.39 is 0 Å². The normalized spacial score (nSPS) is 14.5. The highest BCUT2D eigenvalue weighted by Crippen LogP contribution is 2.29. The van der Waals surface area contributed by atoms with Crippen LogP contribution < -0.4 is 10.6 Å². The fraction of sp³-hybridized carbons (Fsp3) is 0.538. The summed E-state index contributed by atoms with van der Waals surface area (Å²) < 4.78 is 14.0. The van der Waals surface area contributed by atoms with E-state index in [1.54, 1.807) is 17.8 Å². The Bertz CT molecular complexity index is 368. The average Bonchev–Trinajstić information content (AvgIpc) is 2.28. The Kier molecular flexibility index (Phi) is 5.28. The van der Waals surface area contributed by atoms with Crippen molar-refractivity contribution >= 4 is 17.4 Å². The summed E-state index contributed by atoms with van der Waals surface area (Å²) in [5.74, 6) is 0.763. The molecule has 0 radical (unpaired) electrons. The van der Waals surface area contributed by atoms with Gasteiger partial charge in [-0.15, -0.1) is 0 Å². The smallest absolute Gasteiger partial charge is 0.146 e. The molecule has 2 nitrogen and oxygen atoms in total. The number of hydrogen-bond donors (Lipinski definition) is 1. The number of hydrogen-bond acceptors (Lipinski definition) is 3. The third-order valence-electron chi connectivity index (χ3n) is 2.93. The molecule has 1 aromatic rings. The summed E-state index contributed by atoms with van der Waals surface area (Å²) in [4.78, 5) is 1.98. The van der Waals surface area contributed by atoms with Crippen molar-refractivity contribution in [3.63, 3.8) is 0 Å². The summed E-state index contributed by atoms with van der Waals surface area (Å²) in [6.45, 7) is 3.97. The van der Waals surface area contributed by atoms with Crippen LogP contribution in [-0.2, 0) is 0 Å². The molecule has 0 saturated heterocycles. The van der Waals surface area contributed by atoms with Gasteiger partial charge in [-0.05, 0) is 31.7 Å². The van der Waals surface area contributed by atoms with Gasteiger partial charge in [-0.2, -0.15) is 11.8 Å². The van der Waals surface area contributed by atoms with Crippen molar-refractivity contribution in [2.75, 3.05) is 24.0 Å². The minimum atomic E-state index is -0.199. The van der Waals surface area contributed by atoms with E-state index in [9.17, 15) is 4.39 Å². The predicted molar refractivity (Wildman–Crippen MR) is 75.2 cm³/mol. The number of para-hydroxylation sites is 1. The molecule has 0 bridgehead atoms. The maximum Gasteiger partial charge on any atom is 0.146 e. The van der Waals surface area contributed by atoms with Crippen LogP contribution in [0, 0.1) is 5.82 Å². The standard InChI is InChI=1S/C13H21FN2S/c1-9(8-17-4)16(3)13-11(10(2)15)6-5-7-12(13)14/h5-7,9-10H,8,15H2,1-4H3. The number of nitrogens with zero attached hydrogens (tertiary/aromatic N) is 1. The zero-order valence-corrected chi connectivity index (χ0v) is 11.7. The molecule has 2 unspecified atom stereocenters. The minimum Gasteiger partial charge on any atom is -0.368 e. The van der Waals surface area contributed by atoms with Crippen molar-refractivity contribution in [2.45, 2.75) is 25.9 Å². The van der Waals surface area contributed by atoms with Gasteiger partial charge in [0, 0.05) is 24.9 Å². The second kappa shape index (κ2) is 6.26. The van der Waals surface area contributed by atoms with Gasteiger partial charge in [0.2, 0.25) is 0 Å². The minimum absolute atomic E-state index is 0.162. The Balaban J connectivity index is 3.10. The molecule has 0 heterocycles. The number of nitrogens with two attached hydrogens (primary N) is 1. The first-order valence-electron chi connectivity index (χ1n) is 5.74. The third kappa shape index (κ3) is 3.36. The summed E-state index contributed by atoms with van der Waals surface area (Å²) >= 11 is 1.76. The largest absolute Gasteiger partial charge is 0.368 e. The number of anilines is 1. The van der Waals surface area contributed by atoms with Gasteiger partial charge in [-0.1, -0.05) is 12.1 Å². The van der Waals surface area contributed by atoms with E-state index in [4.69, 9.17) is 5.73 Å². The lowest BCUT2D eigenvalue weighted by Crippen LogP contribution is -2.33. The van der Waals surface area contributed by atoms with E-state index in [2.05, 4.69) is 13.2 Å². The molecule has 96 valence electrons. The fourth-order valence-electron chi connectivity index (χ4n) is 1.84. The van der Waals surface area contributed by atoms with Crippen LogP contribution in [0.1, 0.15) is 25.5 Å². The van der Waals surface area contributed by atoms with E-state index in [0.717, 1.165) is 11.3 Å². The number of halogens is 1. The quantitative estimate of drug-likeness (QED) is 0.878. The Morgan fingerprint density at radius 2 is 2.06 bits per heavy atom. The predicted octanol–water partition coefficient (Wildman–Crippen LogP) is 3.03. The third-order valence-corrected chi connectivity index (χ3v) is 3.75. The first kappa shape index (κ1) is 14.3. The molecule has 4 heteroatoms. The molecule has 0 aliphatic rings. The lowest BCUT2D eigenvalue weighted by molar-refractivity contribution is 0.608. The molecule has 0 fully saturated rings. The van der Waals surface area contributed by atoms with Gasteiger partial charge < -0.3 is 10.6 Å². The van der Waals surface area contributed by atoms with Gasteiger partial charge in [-0.3, -0.25) is 0 Å². The summed E-state index contributed by atoms with van der Waals surface area (Å²) in [6.07, 6.45) is 2.05. The molecule has 0 amide bonds. The zero-order valence-electron chi connectivity index (χ0n) is 10.9. The number of thioether (sulfide) groups is 1. The lowest BCUT2D eigenvalue weighted by Gasteiger charge is -2.29. The van der Waals surface area contributed by atoms with Crippen LogP contribution in [0.5, 0.6) is 0 Å². The molecule has 0 saturated carbocycles. The van der Waals surface area contributed by atoms with E-state index in [1.807, 2.05) is 24.9 Å². The average molecular weight is 256 g/mol. The van der Waals surface area contributed by atoms with E-state index in [-0.39, 0.29) is 17.9 Å². The van der Waals surface area contributed by atoms with Crippen molar-refractivity contribution in [2.24, 2.45) is 5.73 Å². The van der Waals surface area contributed by atoms with Crippen LogP contribution in [0.25, 0.3) is 0 Å². The molecule has 0 aliphatic heterocycles. The molecule has 0 aliphatic carbocycles. The molecular weight excluding hydrogens is 235 g/mol. The maximum atomic E-state index is 14.0. The van der Waals surface area contributed by atoms with Crippen LogP contribution >= 0.6 is 11.8 Å². The summed E-state index contributed by atoms with van der Waals surface area (Å²) in [6, 6.07) is 5.21. The SMILES string of the molecule is CSCC(C)N(C)c1c(F)cccc1C(C)N. The first-order chi connectivity index (χ1) is 7.99. The molecule has 0 spiro atoms. The Morgan fingerprint density at radius 3 is 2.59 bits per heavy atom. The molecule has 2 N–H and O–H groups in total. The molecule has 17 heavy (non-hydrogen) atoms.